The van der Waals surface area contributed by atoms with Gasteiger partial charge in [0, 0.05) is 59.9 Å². The van der Waals surface area contributed by atoms with Crippen molar-refractivity contribution in [3.8, 4) is 11.1 Å². The molecule has 6 nitrogen and oxygen atoms in total. The first-order chi connectivity index (χ1) is 17.1. The van der Waals surface area contributed by atoms with Crippen molar-refractivity contribution in [2.45, 2.75) is 18.5 Å². The van der Waals surface area contributed by atoms with Gasteiger partial charge in [0.05, 0.1) is 0 Å². The predicted octanol–water partition coefficient (Wildman–Crippen LogP) is 4.49. The third kappa shape index (κ3) is 4.24. The van der Waals surface area contributed by atoms with Gasteiger partial charge in [-0.15, -0.1) is 22.7 Å². The van der Waals surface area contributed by atoms with E-state index in [1.54, 1.807) is 16.5 Å². The lowest BCUT2D eigenvalue weighted by Gasteiger charge is -2.40. The van der Waals surface area contributed by atoms with E-state index in [1.165, 1.54) is 22.7 Å². The number of thiophene rings is 1. The van der Waals surface area contributed by atoms with Crippen LogP contribution < -0.4 is 5.32 Å². The van der Waals surface area contributed by atoms with Gasteiger partial charge < -0.3 is 15.1 Å². The summed E-state index contributed by atoms with van der Waals surface area (Å²) in [7, 11) is 0. The van der Waals surface area contributed by atoms with Crippen molar-refractivity contribution in [3.05, 3.63) is 75.8 Å². The van der Waals surface area contributed by atoms with E-state index < -0.39 is 5.82 Å². The van der Waals surface area contributed by atoms with Crippen molar-refractivity contribution in [2.24, 2.45) is 0 Å². The van der Waals surface area contributed by atoms with Crippen LogP contribution in [0.1, 0.15) is 25.9 Å². The van der Waals surface area contributed by atoms with Crippen LogP contribution >= 0.6 is 22.7 Å². The molecule has 4 heterocycles. The number of fused-ring (bicyclic) bond motifs is 1. The molecular weight excluding hydrogens is 483 g/mol. The van der Waals surface area contributed by atoms with Crippen molar-refractivity contribution < 1.29 is 14.0 Å². The number of thiazole rings is 1. The van der Waals surface area contributed by atoms with Crippen molar-refractivity contribution in [1.82, 2.24) is 20.1 Å². The van der Waals surface area contributed by atoms with Gasteiger partial charge >= 0.3 is 0 Å². The molecule has 0 saturated carbocycles. The highest BCUT2D eigenvalue weighted by Gasteiger charge is 2.37. The Labute approximate surface area is 210 Å². The highest BCUT2D eigenvalue weighted by atomic mass is 32.1. The Hall–Kier alpha value is -3.14. The van der Waals surface area contributed by atoms with Crippen LogP contribution in [0.25, 0.3) is 21.2 Å². The molecule has 2 saturated heterocycles. The van der Waals surface area contributed by atoms with Crippen LogP contribution in [0.4, 0.5) is 4.39 Å². The molecule has 178 valence electrons. The fourth-order valence-corrected chi connectivity index (χ4v) is 6.42. The van der Waals surface area contributed by atoms with Gasteiger partial charge in [-0.05, 0) is 29.7 Å². The van der Waals surface area contributed by atoms with Crippen LogP contribution in [0.2, 0.25) is 0 Å². The molecule has 0 aliphatic carbocycles. The molecule has 2 fully saturated rings. The summed E-state index contributed by atoms with van der Waals surface area (Å²) in [5, 5.41) is 6.37. The number of benzene rings is 2. The molecule has 0 bridgehead atoms. The van der Waals surface area contributed by atoms with E-state index in [1.807, 2.05) is 53.4 Å². The number of carbonyl (C=O) groups is 2. The van der Waals surface area contributed by atoms with Crippen LogP contribution in [-0.2, 0) is 0 Å². The molecule has 4 aromatic rings. The second kappa shape index (κ2) is 9.14. The SMILES string of the molecule is O=C(c1nccs1)N1CC[C@H](NC2CN(C(=O)c3sc4ccc(-c5ccccc5)cc4c3F)C2)C1. The van der Waals surface area contributed by atoms with E-state index in [0.29, 0.717) is 36.6 Å². The summed E-state index contributed by atoms with van der Waals surface area (Å²) in [4.78, 5) is 33.3. The minimum absolute atomic E-state index is 0.0228. The van der Waals surface area contributed by atoms with Gasteiger partial charge in [-0.3, -0.25) is 9.59 Å². The van der Waals surface area contributed by atoms with Gasteiger partial charge in [0.2, 0.25) is 0 Å². The second-order valence-electron chi connectivity index (χ2n) is 8.97. The lowest BCUT2D eigenvalue weighted by atomic mass is 10.0. The van der Waals surface area contributed by atoms with E-state index in [9.17, 15) is 9.59 Å². The number of halogens is 1. The molecule has 2 aliphatic heterocycles. The first-order valence-corrected chi connectivity index (χ1v) is 13.3. The fraction of sp³-hybridized carbons (Fsp3) is 0.269. The highest BCUT2D eigenvalue weighted by molar-refractivity contribution is 7.20. The number of likely N-dealkylation sites (tertiary alicyclic amines) is 2. The summed E-state index contributed by atoms with van der Waals surface area (Å²) in [5.41, 5.74) is 1.95. The van der Waals surface area contributed by atoms with Crippen LogP contribution in [0.5, 0.6) is 0 Å². The zero-order valence-corrected chi connectivity index (χ0v) is 20.4. The maximum absolute atomic E-state index is 15.3. The van der Waals surface area contributed by atoms with E-state index >= 15 is 4.39 Å². The Bertz CT molecular complexity index is 1380. The Morgan fingerprint density at radius 1 is 0.971 bits per heavy atom. The number of amides is 2. The molecule has 2 aliphatic rings. The average Bonchev–Trinajstić information content (AvgIpc) is 3.62. The van der Waals surface area contributed by atoms with Crippen LogP contribution in [0, 0.1) is 5.82 Å². The highest BCUT2D eigenvalue weighted by Crippen LogP contribution is 2.34. The zero-order valence-electron chi connectivity index (χ0n) is 18.8. The third-order valence-corrected chi connectivity index (χ3v) is 8.55. The number of aromatic nitrogens is 1. The monoisotopic (exact) mass is 506 g/mol. The van der Waals surface area contributed by atoms with Gasteiger partial charge in [-0.1, -0.05) is 36.4 Å². The molecule has 6 rings (SSSR count). The van der Waals surface area contributed by atoms with Crippen molar-refractivity contribution in [3.63, 3.8) is 0 Å². The molecule has 0 spiro atoms. The fourth-order valence-electron chi connectivity index (χ4n) is 4.79. The topological polar surface area (TPSA) is 65.5 Å². The predicted molar refractivity (Wildman–Crippen MR) is 136 cm³/mol. The smallest absolute Gasteiger partial charge is 0.282 e. The molecule has 0 radical (unpaired) electrons. The molecule has 0 unspecified atom stereocenters. The van der Waals surface area contributed by atoms with Crippen molar-refractivity contribution >= 4 is 44.6 Å². The average molecular weight is 507 g/mol. The number of nitrogens with zero attached hydrogens (tertiary/aromatic N) is 3. The number of nitrogens with one attached hydrogen (secondary N) is 1. The second-order valence-corrected chi connectivity index (χ2v) is 10.9. The van der Waals surface area contributed by atoms with Gasteiger partial charge in [0.15, 0.2) is 10.8 Å². The van der Waals surface area contributed by atoms with Crippen LogP contribution in [0.3, 0.4) is 0 Å². The Morgan fingerprint density at radius 2 is 1.77 bits per heavy atom. The molecule has 9 heteroatoms. The molecule has 1 N–H and O–H groups in total. The first-order valence-electron chi connectivity index (χ1n) is 11.6. The van der Waals surface area contributed by atoms with Crippen LogP contribution in [-0.4, -0.2) is 64.9 Å². The lowest BCUT2D eigenvalue weighted by molar-refractivity contribution is 0.0553. The third-order valence-electron chi connectivity index (χ3n) is 6.66. The summed E-state index contributed by atoms with van der Waals surface area (Å²) in [6, 6.07) is 15.9. The standard InChI is InChI=1S/C26H23FN4O2S2/c27-22-20-12-17(16-4-2-1-3-5-16)6-7-21(20)35-23(22)25(32)31-14-19(15-31)29-18-8-10-30(13-18)26(33)24-28-9-11-34-24/h1-7,9,11-12,18-19,29H,8,10,13-15H2/t18-/m0/s1. The minimum atomic E-state index is -0.434. The number of hydrogen-bond donors (Lipinski definition) is 1. The molecule has 35 heavy (non-hydrogen) atoms. The summed E-state index contributed by atoms with van der Waals surface area (Å²) in [6.07, 6.45) is 2.52. The van der Waals surface area contributed by atoms with Gasteiger partial charge in [0.1, 0.15) is 4.88 Å². The van der Waals surface area contributed by atoms with Gasteiger partial charge in [-0.25, -0.2) is 9.37 Å². The van der Waals surface area contributed by atoms with Gasteiger partial charge in [0.25, 0.3) is 11.8 Å². The Kier molecular flexibility index (Phi) is 5.83. The van der Waals surface area contributed by atoms with Crippen molar-refractivity contribution in [1.29, 1.82) is 0 Å². The molecule has 2 amide bonds. The van der Waals surface area contributed by atoms with Gasteiger partial charge in [-0.2, -0.15) is 0 Å². The Morgan fingerprint density at radius 3 is 2.54 bits per heavy atom. The number of hydrogen-bond acceptors (Lipinski definition) is 6. The van der Waals surface area contributed by atoms with E-state index in [-0.39, 0.29) is 28.8 Å². The van der Waals surface area contributed by atoms with Crippen LogP contribution in [0.15, 0.2) is 60.1 Å². The largest absolute Gasteiger partial charge is 0.335 e. The van der Waals surface area contributed by atoms with E-state index in [0.717, 1.165) is 22.2 Å². The minimum Gasteiger partial charge on any atom is -0.335 e. The molecule has 1 atom stereocenters. The zero-order chi connectivity index (χ0) is 23.9. The maximum Gasteiger partial charge on any atom is 0.282 e. The summed E-state index contributed by atoms with van der Waals surface area (Å²) < 4.78 is 16.0. The molecule has 2 aromatic carbocycles. The quantitative estimate of drug-likeness (QED) is 0.433. The van der Waals surface area contributed by atoms with E-state index in [4.69, 9.17) is 0 Å². The lowest BCUT2D eigenvalue weighted by Crippen LogP contribution is -2.62. The summed E-state index contributed by atoms with van der Waals surface area (Å²) >= 11 is 2.57. The summed E-state index contributed by atoms with van der Waals surface area (Å²) in [5.74, 6) is -0.711. The summed E-state index contributed by atoms with van der Waals surface area (Å²) in [6.45, 7) is 2.42. The Balaban J connectivity index is 1.07. The van der Waals surface area contributed by atoms with Crippen molar-refractivity contribution in [2.75, 3.05) is 26.2 Å². The van der Waals surface area contributed by atoms with E-state index in [2.05, 4.69) is 10.3 Å². The number of carbonyl (C=O) groups excluding carboxylic acids is 2. The molecule has 2 aromatic heterocycles. The molecular formula is C26H23FN4O2S2. The number of rotatable bonds is 5. The maximum atomic E-state index is 15.3. The first kappa shape index (κ1) is 22.3. The normalized spacial score (nSPS) is 18.3.